The van der Waals surface area contributed by atoms with E-state index in [9.17, 15) is 4.79 Å². The molecule has 0 unspecified atom stereocenters. The Balaban J connectivity index is 1.69. The summed E-state index contributed by atoms with van der Waals surface area (Å²) in [6, 6.07) is 15.8. The van der Waals surface area contributed by atoms with Crippen LogP contribution in [0.25, 0.3) is 5.69 Å². The van der Waals surface area contributed by atoms with Gasteiger partial charge in [-0.3, -0.25) is 4.79 Å². The lowest BCUT2D eigenvalue weighted by Gasteiger charge is -2.09. The number of rotatable bonds is 4. The fraction of sp³-hybridized carbons (Fsp3) is 0.250. The predicted molar refractivity (Wildman–Crippen MR) is 97.2 cm³/mol. The van der Waals surface area contributed by atoms with Crippen LogP contribution in [-0.4, -0.2) is 20.9 Å². The SMILES string of the molecule is Cc1ccc(-n2nnc(C(=O)Nc3ccccc3C)c2C2CC2)cc1. The summed E-state index contributed by atoms with van der Waals surface area (Å²) in [6.45, 7) is 4.02. The first kappa shape index (κ1) is 15.6. The molecule has 4 rings (SSSR count). The second-order valence-electron chi connectivity index (χ2n) is 6.61. The molecule has 5 nitrogen and oxygen atoms in total. The molecule has 0 bridgehead atoms. The Morgan fingerprint density at radius 2 is 1.80 bits per heavy atom. The number of aromatic nitrogens is 3. The molecule has 5 heteroatoms. The maximum absolute atomic E-state index is 12.8. The average molecular weight is 332 g/mol. The number of nitrogens with one attached hydrogen (secondary N) is 1. The fourth-order valence-corrected chi connectivity index (χ4v) is 2.95. The van der Waals surface area contributed by atoms with Crippen LogP contribution in [0.5, 0.6) is 0 Å². The summed E-state index contributed by atoms with van der Waals surface area (Å²) < 4.78 is 1.81. The van der Waals surface area contributed by atoms with Crippen molar-refractivity contribution in [2.75, 3.05) is 5.32 Å². The summed E-state index contributed by atoms with van der Waals surface area (Å²) in [5.41, 5.74) is 5.29. The van der Waals surface area contributed by atoms with Crippen molar-refractivity contribution in [3.05, 3.63) is 71.0 Å². The van der Waals surface area contributed by atoms with Crippen LogP contribution >= 0.6 is 0 Å². The molecule has 2 aromatic carbocycles. The lowest BCUT2D eigenvalue weighted by atomic mass is 10.1. The predicted octanol–water partition coefficient (Wildman–Crippen LogP) is 4.01. The normalized spacial score (nSPS) is 13.7. The molecular weight excluding hydrogens is 312 g/mol. The molecule has 1 heterocycles. The Morgan fingerprint density at radius 3 is 2.48 bits per heavy atom. The molecule has 1 aromatic heterocycles. The maximum atomic E-state index is 12.8. The zero-order chi connectivity index (χ0) is 17.4. The second kappa shape index (κ2) is 6.16. The van der Waals surface area contributed by atoms with E-state index >= 15 is 0 Å². The highest BCUT2D eigenvalue weighted by Crippen LogP contribution is 2.42. The highest BCUT2D eigenvalue weighted by Gasteiger charge is 2.34. The highest BCUT2D eigenvalue weighted by molar-refractivity contribution is 6.04. The lowest BCUT2D eigenvalue weighted by Crippen LogP contribution is -2.16. The van der Waals surface area contributed by atoms with Crippen molar-refractivity contribution in [1.29, 1.82) is 0 Å². The van der Waals surface area contributed by atoms with E-state index in [0.717, 1.165) is 35.5 Å². The number of aryl methyl sites for hydroxylation is 2. The van der Waals surface area contributed by atoms with Gasteiger partial charge >= 0.3 is 0 Å². The topological polar surface area (TPSA) is 59.8 Å². The van der Waals surface area contributed by atoms with Crippen LogP contribution in [0, 0.1) is 13.8 Å². The number of benzene rings is 2. The number of nitrogens with zero attached hydrogens (tertiary/aromatic N) is 3. The summed E-state index contributed by atoms with van der Waals surface area (Å²) in [6.07, 6.45) is 2.15. The van der Waals surface area contributed by atoms with E-state index in [-0.39, 0.29) is 5.91 Å². The van der Waals surface area contributed by atoms with Crippen molar-refractivity contribution in [3.63, 3.8) is 0 Å². The number of para-hydroxylation sites is 1. The standard InChI is InChI=1S/C20H20N4O/c1-13-7-11-16(12-8-13)24-19(15-9-10-15)18(22-23-24)20(25)21-17-6-4-3-5-14(17)2/h3-8,11-12,15H,9-10H2,1-2H3,(H,21,25). The smallest absolute Gasteiger partial charge is 0.278 e. The molecule has 3 aromatic rings. The van der Waals surface area contributed by atoms with Gasteiger partial charge < -0.3 is 5.32 Å². The third-order valence-electron chi connectivity index (χ3n) is 4.56. The molecule has 0 atom stereocenters. The minimum absolute atomic E-state index is 0.199. The number of hydrogen-bond donors (Lipinski definition) is 1. The maximum Gasteiger partial charge on any atom is 0.278 e. The van der Waals surface area contributed by atoms with Crippen molar-refractivity contribution in [1.82, 2.24) is 15.0 Å². The van der Waals surface area contributed by atoms with Crippen LogP contribution in [-0.2, 0) is 0 Å². The lowest BCUT2D eigenvalue weighted by molar-refractivity contribution is 0.102. The largest absolute Gasteiger partial charge is 0.320 e. The molecule has 0 saturated heterocycles. The van der Waals surface area contributed by atoms with E-state index in [2.05, 4.69) is 15.6 Å². The van der Waals surface area contributed by atoms with Crippen molar-refractivity contribution in [3.8, 4) is 5.69 Å². The zero-order valence-electron chi connectivity index (χ0n) is 14.4. The molecule has 0 aliphatic heterocycles. The average Bonchev–Trinajstić information content (AvgIpc) is 3.36. The monoisotopic (exact) mass is 332 g/mol. The molecular formula is C20H20N4O. The van der Waals surface area contributed by atoms with Crippen molar-refractivity contribution in [2.45, 2.75) is 32.6 Å². The van der Waals surface area contributed by atoms with Gasteiger partial charge in [0.1, 0.15) is 0 Å². The van der Waals surface area contributed by atoms with Crippen LogP contribution in [0.1, 0.15) is 46.1 Å². The summed E-state index contributed by atoms with van der Waals surface area (Å²) in [4.78, 5) is 12.8. The molecule has 126 valence electrons. The van der Waals surface area contributed by atoms with Crippen LogP contribution in [0.3, 0.4) is 0 Å². The van der Waals surface area contributed by atoms with Crippen LogP contribution in [0.4, 0.5) is 5.69 Å². The van der Waals surface area contributed by atoms with Crippen molar-refractivity contribution >= 4 is 11.6 Å². The van der Waals surface area contributed by atoms with Crippen LogP contribution in [0.2, 0.25) is 0 Å². The van der Waals surface area contributed by atoms with Crippen molar-refractivity contribution < 1.29 is 4.79 Å². The molecule has 0 radical (unpaired) electrons. The summed E-state index contributed by atoms with van der Waals surface area (Å²) in [5.74, 6) is 0.156. The van der Waals surface area contributed by atoms with E-state index in [1.807, 2.05) is 67.1 Å². The molecule has 1 aliphatic carbocycles. The van der Waals surface area contributed by atoms with E-state index in [0.29, 0.717) is 11.6 Å². The van der Waals surface area contributed by atoms with Crippen LogP contribution in [0.15, 0.2) is 48.5 Å². The van der Waals surface area contributed by atoms with E-state index in [1.165, 1.54) is 5.56 Å². The highest BCUT2D eigenvalue weighted by atomic mass is 16.2. The number of carbonyl (C=O) groups excluding carboxylic acids is 1. The molecule has 1 saturated carbocycles. The summed E-state index contributed by atoms with van der Waals surface area (Å²) in [7, 11) is 0. The Bertz CT molecular complexity index is 923. The van der Waals surface area contributed by atoms with Crippen LogP contribution < -0.4 is 5.32 Å². The van der Waals surface area contributed by atoms with E-state index < -0.39 is 0 Å². The Kier molecular flexibility index (Phi) is 3.84. The number of hydrogen-bond acceptors (Lipinski definition) is 3. The third-order valence-corrected chi connectivity index (χ3v) is 4.56. The van der Waals surface area contributed by atoms with Crippen molar-refractivity contribution in [2.24, 2.45) is 0 Å². The van der Waals surface area contributed by atoms with E-state index in [4.69, 9.17) is 0 Å². The minimum Gasteiger partial charge on any atom is -0.320 e. The van der Waals surface area contributed by atoms with Gasteiger partial charge in [0.05, 0.1) is 11.4 Å². The van der Waals surface area contributed by atoms with Gasteiger partial charge in [0, 0.05) is 11.6 Å². The van der Waals surface area contributed by atoms with Gasteiger partial charge in [0.2, 0.25) is 0 Å². The Morgan fingerprint density at radius 1 is 1.08 bits per heavy atom. The van der Waals surface area contributed by atoms with Gasteiger partial charge in [-0.25, -0.2) is 4.68 Å². The Labute approximate surface area is 146 Å². The van der Waals surface area contributed by atoms with Gasteiger partial charge in [-0.05, 0) is 50.5 Å². The first-order chi connectivity index (χ1) is 12.1. The second-order valence-corrected chi connectivity index (χ2v) is 6.61. The fourth-order valence-electron chi connectivity index (χ4n) is 2.95. The summed E-state index contributed by atoms with van der Waals surface area (Å²) in [5, 5.41) is 11.4. The van der Waals surface area contributed by atoms with E-state index in [1.54, 1.807) is 0 Å². The molecule has 1 aliphatic rings. The van der Waals surface area contributed by atoms with Gasteiger partial charge in [0.15, 0.2) is 5.69 Å². The van der Waals surface area contributed by atoms with Gasteiger partial charge in [-0.1, -0.05) is 41.1 Å². The third kappa shape index (κ3) is 3.05. The molecule has 0 spiro atoms. The molecule has 1 N–H and O–H groups in total. The van der Waals surface area contributed by atoms with Gasteiger partial charge in [-0.2, -0.15) is 0 Å². The number of anilines is 1. The first-order valence-corrected chi connectivity index (χ1v) is 8.53. The zero-order valence-corrected chi connectivity index (χ0v) is 14.4. The number of amides is 1. The van der Waals surface area contributed by atoms with Gasteiger partial charge in [0.25, 0.3) is 5.91 Å². The molecule has 25 heavy (non-hydrogen) atoms. The first-order valence-electron chi connectivity index (χ1n) is 8.53. The van der Waals surface area contributed by atoms with Gasteiger partial charge in [-0.15, -0.1) is 5.10 Å². The molecule has 1 amide bonds. The molecule has 1 fully saturated rings. The quantitative estimate of drug-likeness (QED) is 0.785. The minimum atomic E-state index is -0.199. The summed E-state index contributed by atoms with van der Waals surface area (Å²) >= 11 is 0. The number of carbonyl (C=O) groups is 1. The Hall–Kier alpha value is -2.95.